The molecule has 3 rings (SSSR count). The van der Waals surface area contributed by atoms with Crippen LogP contribution in [0.2, 0.25) is 0 Å². The Hall–Kier alpha value is -0.650. The van der Waals surface area contributed by atoms with Gasteiger partial charge in [0.1, 0.15) is 0 Å². The molecule has 0 bridgehead atoms. The van der Waals surface area contributed by atoms with E-state index in [1.165, 1.54) is 0 Å². The molecule has 21 heavy (non-hydrogen) atoms. The van der Waals surface area contributed by atoms with Crippen LogP contribution in [-0.4, -0.2) is 43.9 Å². The Morgan fingerprint density at radius 2 is 1.95 bits per heavy atom. The van der Waals surface area contributed by atoms with Crippen molar-refractivity contribution in [2.24, 2.45) is 23.0 Å². The van der Waals surface area contributed by atoms with Gasteiger partial charge in [-0.1, -0.05) is 13.8 Å². The predicted octanol–water partition coefficient (Wildman–Crippen LogP) is 1.06. The number of carbonyl (C=O) groups is 1. The first-order chi connectivity index (χ1) is 10.0. The Morgan fingerprint density at radius 3 is 2.67 bits per heavy atom. The summed E-state index contributed by atoms with van der Waals surface area (Å²) in [5.74, 6) is 0.712. The van der Waals surface area contributed by atoms with E-state index in [4.69, 9.17) is 15.2 Å². The van der Waals surface area contributed by atoms with E-state index in [-0.39, 0.29) is 29.4 Å². The van der Waals surface area contributed by atoms with Gasteiger partial charge in [0, 0.05) is 37.2 Å². The van der Waals surface area contributed by atoms with Gasteiger partial charge in [0.15, 0.2) is 0 Å². The first kappa shape index (κ1) is 15.3. The minimum Gasteiger partial charge on any atom is -0.381 e. The van der Waals surface area contributed by atoms with Gasteiger partial charge in [-0.3, -0.25) is 4.79 Å². The molecular weight excluding hydrogens is 268 g/mol. The van der Waals surface area contributed by atoms with E-state index in [2.05, 4.69) is 19.2 Å². The Morgan fingerprint density at radius 1 is 1.24 bits per heavy atom. The molecule has 2 aliphatic heterocycles. The summed E-state index contributed by atoms with van der Waals surface area (Å²) >= 11 is 0. The highest BCUT2D eigenvalue weighted by Crippen LogP contribution is 2.51. The van der Waals surface area contributed by atoms with Gasteiger partial charge in [0.2, 0.25) is 5.91 Å². The number of carbonyl (C=O) groups excluding carboxylic acids is 1. The van der Waals surface area contributed by atoms with Gasteiger partial charge in [-0.05, 0) is 31.6 Å². The highest BCUT2D eigenvalue weighted by molar-refractivity contribution is 5.82. The second-order valence-corrected chi connectivity index (χ2v) is 7.38. The SMILES string of the molecule is CC1(C)C(NC(=O)C(N)C2CCOCC2)C2CCCOC21. The molecule has 3 aliphatic rings. The normalized spacial score (nSPS) is 37.2. The fourth-order valence-electron chi connectivity index (χ4n) is 4.35. The highest BCUT2D eigenvalue weighted by atomic mass is 16.5. The van der Waals surface area contributed by atoms with Crippen molar-refractivity contribution < 1.29 is 14.3 Å². The standard InChI is InChI=1S/C16H28N2O3/c1-16(2)13(11-4-3-7-21-14(11)16)18-15(19)12(17)10-5-8-20-9-6-10/h10-14H,3-9,17H2,1-2H3,(H,18,19). The zero-order valence-corrected chi connectivity index (χ0v) is 13.1. The zero-order chi connectivity index (χ0) is 15.0. The molecule has 0 radical (unpaired) electrons. The van der Waals surface area contributed by atoms with Crippen LogP contribution in [0.3, 0.4) is 0 Å². The van der Waals surface area contributed by atoms with Crippen LogP contribution in [0.15, 0.2) is 0 Å². The van der Waals surface area contributed by atoms with Crippen molar-refractivity contribution in [3.05, 3.63) is 0 Å². The Bertz CT molecular complexity index is 393. The van der Waals surface area contributed by atoms with Gasteiger partial charge in [-0.25, -0.2) is 0 Å². The summed E-state index contributed by atoms with van der Waals surface area (Å²) in [6, 6.07) is -0.213. The fourth-order valence-corrected chi connectivity index (χ4v) is 4.35. The highest BCUT2D eigenvalue weighted by Gasteiger charge is 2.58. The molecule has 3 fully saturated rings. The summed E-state index contributed by atoms with van der Waals surface area (Å²) in [6.07, 6.45) is 4.30. The van der Waals surface area contributed by atoms with Crippen molar-refractivity contribution in [3.8, 4) is 0 Å². The lowest BCUT2D eigenvalue weighted by molar-refractivity contribution is -0.194. The third-order valence-electron chi connectivity index (χ3n) is 5.71. The topological polar surface area (TPSA) is 73.6 Å². The molecule has 0 aromatic rings. The molecule has 0 aromatic heterocycles. The summed E-state index contributed by atoms with van der Waals surface area (Å²) < 4.78 is 11.2. The Kier molecular flexibility index (Phi) is 4.26. The van der Waals surface area contributed by atoms with E-state index in [1.807, 2.05) is 0 Å². The number of ether oxygens (including phenoxy) is 2. The van der Waals surface area contributed by atoms with Crippen LogP contribution in [0.25, 0.3) is 0 Å². The second-order valence-electron chi connectivity index (χ2n) is 7.38. The number of hydrogen-bond acceptors (Lipinski definition) is 4. The maximum absolute atomic E-state index is 12.5. The largest absolute Gasteiger partial charge is 0.381 e. The van der Waals surface area contributed by atoms with E-state index in [9.17, 15) is 4.79 Å². The molecule has 0 spiro atoms. The van der Waals surface area contributed by atoms with E-state index < -0.39 is 6.04 Å². The van der Waals surface area contributed by atoms with E-state index >= 15 is 0 Å². The minimum absolute atomic E-state index is 0.00370. The van der Waals surface area contributed by atoms with Gasteiger partial charge < -0.3 is 20.5 Å². The average Bonchev–Trinajstić information content (AvgIpc) is 2.52. The smallest absolute Gasteiger partial charge is 0.237 e. The van der Waals surface area contributed by atoms with Crippen molar-refractivity contribution in [1.82, 2.24) is 5.32 Å². The van der Waals surface area contributed by atoms with Crippen LogP contribution in [0.1, 0.15) is 39.5 Å². The number of hydrogen-bond donors (Lipinski definition) is 2. The molecule has 1 saturated carbocycles. The number of amides is 1. The average molecular weight is 296 g/mol. The molecule has 2 saturated heterocycles. The lowest BCUT2D eigenvalue weighted by Crippen LogP contribution is -2.71. The van der Waals surface area contributed by atoms with Crippen molar-refractivity contribution in [2.45, 2.75) is 57.7 Å². The summed E-state index contributed by atoms with van der Waals surface area (Å²) in [5, 5.41) is 3.22. The molecular formula is C16H28N2O3. The van der Waals surface area contributed by atoms with E-state index in [1.54, 1.807) is 0 Å². The first-order valence-electron chi connectivity index (χ1n) is 8.27. The summed E-state index contributed by atoms with van der Waals surface area (Å²) in [4.78, 5) is 12.5. The molecule has 5 nitrogen and oxygen atoms in total. The lowest BCUT2D eigenvalue weighted by Gasteiger charge is -2.60. The molecule has 3 N–H and O–H groups in total. The minimum atomic E-state index is -0.409. The van der Waals surface area contributed by atoms with E-state index in [0.717, 1.165) is 45.5 Å². The van der Waals surface area contributed by atoms with Crippen molar-refractivity contribution in [2.75, 3.05) is 19.8 Å². The quantitative estimate of drug-likeness (QED) is 0.817. The zero-order valence-electron chi connectivity index (χ0n) is 13.1. The van der Waals surface area contributed by atoms with Gasteiger partial charge in [-0.2, -0.15) is 0 Å². The fraction of sp³-hybridized carbons (Fsp3) is 0.938. The van der Waals surface area contributed by atoms with Gasteiger partial charge in [0.25, 0.3) is 0 Å². The molecule has 4 atom stereocenters. The Labute approximate surface area is 126 Å². The molecule has 4 unspecified atom stereocenters. The van der Waals surface area contributed by atoms with Gasteiger partial charge in [-0.15, -0.1) is 0 Å². The number of fused-ring (bicyclic) bond motifs is 1. The van der Waals surface area contributed by atoms with Crippen molar-refractivity contribution in [3.63, 3.8) is 0 Å². The molecule has 0 aromatic carbocycles. The number of rotatable bonds is 3. The van der Waals surface area contributed by atoms with Crippen LogP contribution in [0, 0.1) is 17.3 Å². The van der Waals surface area contributed by atoms with Crippen LogP contribution >= 0.6 is 0 Å². The van der Waals surface area contributed by atoms with Crippen LogP contribution < -0.4 is 11.1 Å². The molecule has 1 amide bonds. The maximum atomic E-state index is 12.5. The third-order valence-corrected chi connectivity index (χ3v) is 5.71. The first-order valence-corrected chi connectivity index (χ1v) is 8.27. The summed E-state index contributed by atoms with van der Waals surface area (Å²) in [5.41, 5.74) is 6.19. The lowest BCUT2D eigenvalue weighted by atomic mass is 9.55. The molecule has 5 heteroatoms. The van der Waals surface area contributed by atoms with Crippen LogP contribution in [0.4, 0.5) is 0 Å². The van der Waals surface area contributed by atoms with Gasteiger partial charge >= 0.3 is 0 Å². The molecule has 120 valence electrons. The predicted molar refractivity (Wildman–Crippen MR) is 79.7 cm³/mol. The maximum Gasteiger partial charge on any atom is 0.237 e. The van der Waals surface area contributed by atoms with Crippen molar-refractivity contribution >= 4 is 5.91 Å². The summed E-state index contributed by atoms with van der Waals surface area (Å²) in [6.45, 7) is 6.67. The van der Waals surface area contributed by atoms with Crippen molar-refractivity contribution in [1.29, 1.82) is 0 Å². The van der Waals surface area contributed by atoms with Gasteiger partial charge in [0.05, 0.1) is 12.1 Å². The van der Waals surface area contributed by atoms with Crippen LogP contribution in [0.5, 0.6) is 0 Å². The Balaban J connectivity index is 1.59. The monoisotopic (exact) mass is 296 g/mol. The van der Waals surface area contributed by atoms with Crippen LogP contribution in [-0.2, 0) is 14.3 Å². The molecule has 2 heterocycles. The summed E-state index contributed by atoms with van der Waals surface area (Å²) in [7, 11) is 0. The second kappa shape index (κ2) is 5.86. The third kappa shape index (κ3) is 2.71. The van der Waals surface area contributed by atoms with E-state index in [0.29, 0.717) is 5.92 Å². The number of nitrogens with one attached hydrogen (secondary N) is 1. The number of nitrogens with two attached hydrogens (primary N) is 1. The molecule has 1 aliphatic carbocycles.